The summed E-state index contributed by atoms with van der Waals surface area (Å²) in [5.74, 6) is 0. The summed E-state index contributed by atoms with van der Waals surface area (Å²) in [5, 5.41) is 0. The molecule has 0 aromatic rings. The molecule has 0 aromatic carbocycles. The van der Waals surface area contributed by atoms with Crippen LogP contribution in [0.3, 0.4) is 0 Å². The van der Waals surface area contributed by atoms with E-state index >= 15 is 0 Å². The first kappa shape index (κ1) is 7.96. The van der Waals surface area contributed by atoms with Gasteiger partial charge in [0, 0.05) is 0 Å². The number of hydrogen-bond acceptors (Lipinski definition) is 0. The summed E-state index contributed by atoms with van der Waals surface area (Å²) in [6, 6.07) is 0. The second-order valence-corrected chi connectivity index (χ2v) is 1.74. The van der Waals surface area contributed by atoms with E-state index in [-0.39, 0.29) is 0 Å². The normalized spacial score (nSPS) is 11.9. The van der Waals surface area contributed by atoms with Crippen LogP contribution in [0.2, 0.25) is 0 Å². The Morgan fingerprint density at radius 3 is 2.33 bits per heavy atom. The molecule has 0 amide bonds. The van der Waals surface area contributed by atoms with Crippen molar-refractivity contribution in [3.8, 4) is 0 Å². The van der Waals surface area contributed by atoms with Gasteiger partial charge >= 0.3 is 0 Å². The highest BCUT2D eigenvalue weighted by molar-refractivity contribution is 5.21. The van der Waals surface area contributed by atoms with Crippen molar-refractivity contribution in [3.05, 3.63) is 49.1 Å². The predicted molar refractivity (Wildman–Crippen MR) is 43.3 cm³/mol. The van der Waals surface area contributed by atoms with E-state index in [1.165, 1.54) is 0 Å². The van der Waals surface area contributed by atoms with Gasteiger partial charge in [-0.15, -0.1) is 0 Å². The van der Waals surface area contributed by atoms with E-state index in [1.807, 2.05) is 31.2 Å². The molecule has 0 nitrogen and oxygen atoms in total. The van der Waals surface area contributed by atoms with Crippen molar-refractivity contribution in [1.82, 2.24) is 0 Å². The van der Waals surface area contributed by atoms with Crippen molar-refractivity contribution in [3.63, 3.8) is 0 Å². The van der Waals surface area contributed by atoms with Gasteiger partial charge < -0.3 is 0 Å². The van der Waals surface area contributed by atoms with Gasteiger partial charge in [0.25, 0.3) is 0 Å². The molecule has 0 saturated heterocycles. The molecule has 0 heteroatoms. The molecule has 0 unspecified atom stereocenters. The SMILES string of the molecule is C=CC=CC=C(C)C=C. The molecule has 0 saturated carbocycles. The van der Waals surface area contributed by atoms with Gasteiger partial charge in [-0.25, -0.2) is 0 Å². The highest BCUT2D eigenvalue weighted by Gasteiger charge is 1.70. The van der Waals surface area contributed by atoms with E-state index in [4.69, 9.17) is 0 Å². The molecule has 0 aliphatic carbocycles. The first-order valence-corrected chi connectivity index (χ1v) is 2.89. The van der Waals surface area contributed by atoms with Crippen LogP contribution >= 0.6 is 0 Å². The van der Waals surface area contributed by atoms with Crippen molar-refractivity contribution in [2.45, 2.75) is 6.92 Å². The third-order valence-corrected chi connectivity index (χ3v) is 0.928. The van der Waals surface area contributed by atoms with Gasteiger partial charge in [-0.3, -0.25) is 0 Å². The highest BCUT2D eigenvalue weighted by atomic mass is 13.8. The standard InChI is InChI=1S/C9H12/c1-4-6-7-8-9(3)5-2/h4-8H,1-2H2,3H3. The number of allylic oxidation sites excluding steroid dienone is 6. The molecule has 9 heavy (non-hydrogen) atoms. The Labute approximate surface area is 56.9 Å². The van der Waals surface area contributed by atoms with Crippen LogP contribution in [-0.4, -0.2) is 0 Å². The van der Waals surface area contributed by atoms with Crippen molar-refractivity contribution < 1.29 is 0 Å². The maximum absolute atomic E-state index is 3.61. The Kier molecular flexibility index (Phi) is 4.51. The molecular formula is C9H12. The molecule has 0 rings (SSSR count). The van der Waals surface area contributed by atoms with E-state index in [2.05, 4.69) is 13.2 Å². The molecule has 0 fully saturated rings. The van der Waals surface area contributed by atoms with Crippen molar-refractivity contribution in [2.75, 3.05) is 0 Å². The van der Waals surface area contributed by atoms with Gasteiger partial charge in [-0.05, 0) is 6.92 Å². The minimum absolute atomic E-state index is 1.16. The minimum Gasteiger partial charge on any atom is -0.0991 e. The third-order valence-electron chi connectivity index (χ3n) is 0.928. The van der Waals surface area contributed by atoms with E-state index in [0.29, 0.717) is 0 Å². The fourth-order valence-corrected chi connectivity index (χ4v) is 0.354. The molecule has 0 radical (unpaired) electrons. The maximum atomic E-state index is 3.61. The second kappa shape index (κ2) is 5.10. The average molecular weight is 120 g/mol. The first-order valence-electron chi connectivity index (χ1n) is 2.89. The zero-order valence-electron chi connectivity index (χ0n) is 5.80. The maximum Gasteiger partial charge on any atom is -0.0398 e. The second-order valence-electron chi connectivity index (χ2n) is 1.74. The Balaban J connectivity index is 3.81. The van der Waals surface area contributed by atoms with Crippen molar-refractivity contribution in [1.29, 1.82) is 0 Å². The predicted octanol–water partition coefficient (Wildman–Crippen LogP) is 2.86. The van der Waals surface area contributed by atoms with Crippen LogP contribution in [0, 0.1) is 0 Å². The van der Waals surface area contributed by atoms with Crippen LogP contribution in [-0.2, 0) is 0 Å². The molecule has 0 atom stereocenters. The van der Waals surface area contributed by atoms with Gasteiger partial charge in [0.1, 0.15) is 0 Å². The molecular weight excluding hydrogens is 108 g/mol. The molecule has 0 spiro atoms. The fourth-order valence-electron chi connectivity index (χ4n) is 0.354. The molecule has 0 aromatic heterocycles. The molecule has 48 valence electrons. The van der Waals surface area contributed by atoms with Crippen LogP contribution in [0.1, 0.15) is 6.92 Å². The van der Waals surface area contributed by atoms with Crippen LogP contribution in [0.15, 0.2) is 49.1 Å². The Morgan fingerprint density at radius 1 is 1.22 bits per heavy atom. The smallest absolute Gasteiger partial charge is 0.0398 e. The Bertz CT molecular complexity index is 147. The van der Waals surface area contributed by atoms with E-state index < -0.39 is 0 Å². The summed E-state index contributed by atoms with van der Waals surface area (Å²) in [6.07, 6.45) is 9.35. The van der Waals surface area contributed by atoms with Crippen LogP contribution in [0.4, 0.5) is 0 Å². The Morgan fingerprint density at radius 2 is 1.89 bits per heavy atom. The van der Waals surface area contributed by atoms with Crippen LogP contribution in [0.5, 0.6) is 0 Å². The summed E-state index contributed by atoms with van der Waals surface area (Å²) in [5.41, 5.74) is 1.16. The lowest BCUT2D eigenvalue weighted by Crippen LogP contribution is -1.60. The average Bonchev–Trinajstić information content (AvgIpc) is 1.89. The lowest BCUT2D eigenvalue weighted by atomic mass is 10.3. The van der Waals surface area contributed by atoms with E-state index in [0.717, 1.165) is 5.57 Å². The zero-order valence-corrected chi connectivity index (χ0v) is 5.80. The minimum atomic E-state index is 1.16. The zero-order chi connectivity index (χ0) is 7.11. The van der Waals surface area contributed by atoms with E-state index in [9.17, 15) is 0 Å². The van der Waals surface area contributed by atoms with Crippen molar-refractivity contribution in [2.24, 2.45) is 0 Å². The first-order chi connectivity index (χ1) is 4.31. The molecule has 0 aliphatic rings. The van der Waals surface area contributed by atoms with Crippen LogP contribution < -0.4 is 0 Å². The van der Waals surface area contributed by atoms with Gasteiger partial charge in [0.05, 0.1) is 0 Å². The quantitative estimate of drug-likeness (QED) is 0.502. The van der Waals surface area contributed by atoms with Gasteiger partial charge in [-0.1, -0.05) is 49.1 Å². The van der Waals surface area contributed by atoms with Crippen molar-refractivity contribution >= 4 is 0 Å². The summed E-state index contributed by atoms with van der Waals surface area (Å²) in [6.45, 7) is 9.15. The number of hydrogen-bond donors (Lipinski definition) is 0. The van der Waals surface area contributed by atoms with Crippen LogP contribution in [0.25, 0.3) is 0 Å². The molecule has 0 N–H and O–H groups in total. The lowest BCUT2D eigenvalue weighted by Gasteiger charge is -1.81. The topological polar surface area (TPSA) is 0 Å². The third kappa shape index (κ3) is 4.82. The lowest BCUT2D eigenvalue weighted by molar-refractivity contribution is 1.54. The molecule has 0 bridgehead atoms. The number of rotatable bonds is 3. The monoisotopic (exact) mass is 120 g/mol. The summed E-state index contributed by atoms with van der Waals surface area (Å²) in [7, 11) is 0. The van der Waals surface area contributed by atoms with Gasteiger partial charge in [0.15, 0.2) is 0 Å². The largest absolute Gasteiger partial charge is 0.0991 e. The van der Waals surface area contributed by atoms with E-state index in [1.54, 1.807) is 6.08 Å². The summed E-state index contributed by atoms with van der Waals surface area (Å²) < 4.78 is 0. The summed E-state index contributed by atoms with van der Waals surface area (Å²) >= 11 is 0. The highest BCUT2D eigenvalue weighted by Crippen LogP contribution is 1.91. The molecule has 0 aliphatic heterocycles. The Hall–Kier alpha value is -1.04. The van der Waals surface area contributed by atoms with Gasteiger partial charge in [-0.2, -0.15) is 0 Å². The summed E-state index contributed by atoms with van der Waals surface area (Å²) in [4.78, 5) is 0. The fraction of sp³-hybridized carbons (Fsp3) is 0.111. The molecule has 0 heterocycles. The van der Waals surface area contributed by atoms with Gasteiger partial charge in [0.2, 0.25) is 0 Å².